The Bertz CT molecular complexity index is 1200. The summed E-state index contributed by atoms with van der Waals surface area (Å²) >= 11 is 0. The summed E-state index contributed by atoms with van der Waals surface area (Å²) in [5, 5.41) is 0. The summed E-state index contributed by atoms with van der Waals surface area (Å²) in [6.45, 7) is 0.370. The van der Waals surface area contributed by atoms with Crippen LogP contribution in [0.4, 0.5) is 5.69 Å². The maximum absolute atomic E-state index is 10.8. The third kappa shape index (κ3) is 3.83. The van der Waals surface area contributed by atoms with Gasteiger partial charge in [0.1, 0.15) is 0 Å². The van der Waals surface area contributed by atoms with Gasteiger partial charge in [0.05, 0.1) is 22.9 Å². The Kier molecular flexibility index (Phi) is 4.74. The summed E-state index contributed by atoms with van der Waals surface area (Å²) in [6.07, 6.45) is 7.89. The van der Waals surface area contributed by atoms with Crippen molar-refractivity contribution >= 4 is 38.7 Å². The molecule has 0 atom stereocenters. The van der Waals surface area contributed by atoms with Crippen LogP contribution in [-0.4, -0.2) is 30.8 Å². The highest BCUT2D eigenvalue weighted by Gasteiger charge is 2.19. The van der Waals surface area contributed by atoms with Crippen LogP contribution in [0.15, 0.2) is 59.3 Å². The molecule has 1 aromatic carbocycles. The lowest BCUT2D eigenvalue weighted by Gasteiger charge is -2.23. The number of anilines is 1. The first-order chi connectivity index (χ1) is 13.4. The average molecular weight is 397 g/mol. The smallest absolute Gasteiger partial charge is 0.370 e. The van der Waals surface area contributed by atoms with Gasteiger partial charge in [-0.1, -0.05) is 18.2 Å². The first-order valence-corrected chi connectivity index (χ1v) is 10.4. The maximum atomic E-state index is 10.8. The van der Waals surface area contributed by atoms with Crippen LogP contribution in [0, 0.1) is 0 Å². The van der Waals surface area contributed by atoms with Gasteiger partial charge in [0, 0.05) is 41.3 Å². The Balaban J connectivity index is 1.67. The van der Waals surface area contributed by atoms with E-state index in [4.69, 9.17) is 4.42 Å². The monoisotopic (exact) mass is 397 g/mol. The molecule has 0 aliphatic carbocycles. The molecule has 3 heterocycles. The molecule has 0 N–H and O–H groups in total. The van der Waals surface area contributed by atoms with Crippen LogP contribution in [0.2, 0.25) is 0 Å². The molecule has 2 aromatic heterocycles. The minimum Gasteiger partial charge on any atom is -0.748 e. The Morgan fingerprint density at radius 1 is 1.25 bits per heavy atom. The van der Waals surface area contributed by atoms with Gasteiger partial charge in [-0.2, -0.15) is 0 Å². The van der Waals surface area contributed by atoms with Crippen molar-refractivity contribution in [2.24, 2.45) is 0 Å². The van der Waals surface area contributed by atoms with E-state index in [2.05, 4.69) is 16.0 Å². The molecule has 28 heavy (non-hydrogen) atoms. The van der Waals surface area contributed by atoms with Crippen molar-refractivity contribution in [2.75, 3.05) is 17.7 Å². The quantitative estimate of drug-likeness (QED) is 0.485. The SMILES string of the molecule is CN1C=C/C(=C\c2nc3c(ccc[n+]3CCCS(=O)(=O)[O-])o2)c2ccccc21. The number of fused-ring (bicyclic) bond motifs is 2. The molecule has 0 spiro atoms. The number of aryl methyl sites for hydroxylation is 1. The first kappa shape index (κ1) is 18.4. The van der Waals surface area contributed by atoms with E-state index in [1.807, 2.05) is 49.7 Å². The second-order valence-electron chi connectivity index (χ2n) is 6.60. The summed E-state index contributed by atoms with van der Waals surface area (Å²) in [5.74, 6) is 0.0608. The summed E-state index contributed by atoms with van der Waals surface area (Å²) in [6, 6.07) is 11.7. The molecule has 0 unspecified atom stereocenters. The molecule has 0 amide bonds. The summed E-state index contributed by atoms with van der Waals surface area (Å²) in [5.41, 5.74) is 4.39. The second kappa shape index (κ2) is 7.21. The molecule has 4 rings (SSSR count). The van der Waals surface area contributed by atoms with Crippen molar-refractivity contribution < 1.29 is 22.0 Å². The van der Waals surface area contributed by atoms with Crippen molar-refractivity contribution in [3.05, 3.63) is 66.3 Å². The lowest BCUT2D eigenvalue weighted by atomic mass is 10.00. The van der Waals surface area contributed by atoms with Crippen LogP contribution in [0.5, 0.6) is 0 Å². The molecule has 0 saturated heterocycles. The summed E-state index contributed by atoms with van der Waals surface area (Å²) in [4.78, 5) is 6.61. The minimum absolute atomic E-state index is 0.224. The molecular weight excluding hydrogens is 378 g/mol. The highest BCUT2D eigenvalue weighted by atomic mass is 32.2. The molecule has 0 radical (unpaired) electrons. The van der Waals surface area contributed by atoms with E-state index >= 15 is 0 Å². The van der Waals surface area contributed by atoms with Crippen molar-refractivity contribution in [1.82, 2.24) is 4.98 Å². The number of hydrogen-bond acceptors (Lipinski definition) is 6. The van der Waals surface area contributed by atoms with Crippen LogP contribution in [0.25, 0.3) is 22.9 Å². The highest BCUT2D eigenvalue weighted by molar-refractivity contribution is 7.85. The standard InChI is InChI=1S/C20H19N3O4S/c1-22-12-9-15(16-6-2-3-7-17(16)22)14-19-21-20-18(27-19)8-4-10-23(20)11-5-13-28(24,25)26/h2-4,6-10,12,14H,5,11,13H2,1H3. The van der Waals surface area contributed by atoms with Crippen LogP contribution in [0.1, 0.15) is 17.9 Å². The fourth-order valence-electron chi connectivity index (χ4n) is 3.26. The lowest BCUT2D eigenvalue weighted by Crippen LogP contribution is -2.35. The Morgan fingerprint density at radius 2 is 2.07 bits per heavy atom. The van der Waals surface area contributed by atoms with Crippen molar-refractivity contribution in [3.63, 3.8) is 0 Å². The summed E-state index contributed by atoms with van der Waals surface area (Å²) < 4.78 is 40.1. The normalized spacial score (nSPS) is 15.4. The van der Waals surface area contributed by atoms with Gasteiger partial charge in [-0.05, 0) is 36.3 Å². The number of para-hydroxylation sites is 1. The minimum atomic E-state index is -4.22. The third-order valence-electron chi connectivity index (χ3n) is 4.58. The van der Waals surface area contributed by atoms with Gasteiger partial charge in [0.2, 0.25) is 5.58 Å². The average Bonchev–Trinajstić information content (AvgIpc) is 3.07. The van der Waals surface area contributed by atoms with Crippen LogP contribution in [0.3, 0.4) is 0 Å². The van der Waals surface area contributed by atoms with Gasteiger partial charge in [0.25, 0.3) is 0 Å². The van der Waals surface area contributed by atoms with Gasteiger partial charge in [-0.25, -0.2) is 13.0 Å². The van der Waals surface area contributed by atoms with Crippen molar-refractivity contribution in [3.8, 4) is 0 Å². The zero-order chi connectivity index (χ0) is 19.7. The number of nitrogens with zero attached hydrogens (tertiary/aromatic N) is 3. The highest BCUT2D eigenvalue weighted by Crippen LogP contribution is 2.33. The molecule has 144 valence electrons. The van der Waals surface area contributed by atoms with Gasteiger partial charge < -0.3 is 13.9 Å². The summed E-state index contributed by atoms with van der Waals surface area (Å²) in [7, 11) is -2.23. The first-order valence-electron chi connectivity index (χ1n) is 8.85. The molecule has 0 bridgehead atoms. The number of allylic oxidation sites excluding steroid dienone is 2. The fraction of sp³-hybridized carbons (Fsp3) is 0.200. The van der Waals surface area contributed by atoms with Crippen LogP contribution >= 0.6 is 0 Å². The predicted octanol–water partition coefficient (Wildman–Crippen LogP) is 2.55. The Morgan fingerprint density at radius 3 is 2.89 bits per heavy atom. The number of oxazole rings is 1. The molecule has 0 saturated carbocycles. The Labute approximate surface area is 163 Å². The van der Waals surface area contributed by atoms with Gasteiger partial charge in [-0.15, -0.1) is 0 Å². The molecule has 1 aliphatic heterocycles. The van der Waals surface area contributed by atoms with Crippen molar-refractivity contribution in [1.29, 1.82) is 0 Å². The van der Waals surface area contributed by atoms with E-state index in [0.29, 0.717) is 23.7 Å². The van der Waals surface area contributed by atoms with Gasteiger partial charge >= 0.3 is 11.5 Å². The van der Waals surface area contributed by atoms with Gasteiger partial charge in [0.15, 0.2) is 0 Å². The van der Waals surface area contributed by atoms with E-state index in [1.165, 1.54) is 0 Å². The number of pyridine rings is 1. The van der Waals surface area contributed by atoms with E-state index in [0.717, 1.165) is 16.8 Å². The third-order valence-corrected chi connectivity index (χ3v) is 5.37. The molecule has 7 nitrogen and oxygen atoms in total. The van der Waals surface area contributed by atoms with E-state index < -0.39 is 15.9 Å². The zero-order valence-electron chi connectivity index (χ0n) is 15.3. The molecule has 3 aromatic rings. The molecule has 1 aliphatic rings. The van der Waals surface area contributed by atoms with E-state index in [9.17, 15) is 13.0 Å². The zero-order valence-corrected chi connectivity index (χ0v) is 16.1. The number of hydrogen-bond donors (Lipinski definition) is 0. The van der Waals surface area contributed by atoms with Crippen LogP contribution in [-0.2, 0) is 16.7 Å². The maximum Gasteiger partial charge on any atom is 0.370 e. The Hall–Kier alpha value is -2.97. The topological polar surface area (TPSA) is 90.3 Å². The molecular formula is C20H19N3O4S. The largest absolute Gasteiger partial charge is 0.748 e. The number of benzene rings is 1. The van der Waals surface area contributed by atoms with E-state index in [-0.39, 0.29) is 6.42 Å². The lowest BCUT2D eigenvalue weighted by molar-refractivity contribution is -0.673. The predicted molar refractivity (Wildman–Crippen MR) is 105 cm³/mol. The number of rotatable bonds is 5. The second-order valence-corrected chi connectivity index (χ2v) is 8.12. The number of aromatic nitrogens is 2. The van der Waals surface area contributed by atoms with E-state index in [1.54, 1.807) is 16.8 Å². The van der Waals surface area contributed by atoms with Crippen LogP contribution < -0.4 is 9.47 Å². The van der Waals surface area contributed by atoms with Crippen molar-refractivity contribution in [2.45, 2.75) is 13.0 Å². The molecule has 8 heteroatoms. The van der Waals surface area contributed by atoms with Gasteiger partial charge in [-0.3, -0.25) is 0 Å². The fourth-order valence-corrected chi connectivity index (χ4v) is 3.74. The molecule has 0 fully saturated rings.